The van der Waals surface area contributed by atoms with E-state index in [1.54, 1.807) is 40.5 Å². The standard InChI is InChI=1S/C21H19N3O4S/c1-12-22-17-10-14(7-8-18(17)29-12)24-11-13(9-19(24)25)20(26)23-16-6-4-3-5-15(16)21(27)28-2/h3-8,10,13H,9,11H2,1-2H3,(H,23,26). The molecule has 1 aromatic heterocycles. The van der Waals surface area contributed by atoms with Gasteiger partial charge in [-0.15, -0.1) is 11.3 Å². The highest BCUT2D eigenvalue weighted by molar-refractivity contribution is 7.18. The van der Waals surface area contributed by atoms with Crippen LogP contribution in [0.15, 0.2) is 42.5 Å². The van der Waals surface area contributed by atoms with Crippen molar-refractivity contribution in [2.45, 2.75) is 13.3 Å². The highest BCUT2D eigenvalue weighted by Crippen LogP contribution is 2.31. The summed E-state index contributed by atoms with van der Waals surface area (Å²) in [4.78, 5) is 43.3. The third-order valence-corrected chi connectivity index (χ3v) is 5.83. The zero-order chi connectivity index (χ0) is 20.5. The zero-order valence-corrected chi connectivity index (χ0v) is 16.8. The number of aryl methyl sites for hydroxylation is 1. The lowest BCUT2D eigenvalue weighted by molar-refractivity contribution is -0.122. The molecule has 1 aliphatic heterocycles. The molecule has 4 rings (SSSR count). The number of carbonyl (C=O) groups is 3. The summed E-state index contributed by atoms with van der Waals surface area (Å²) >= 11 is 1.60. The van der Waals surface area contributed by atoms with Gasteiger partial charge < -0.3 is 15.0 Å². The van der Waals surface area contributed by atoms with Gasteiger partial charge in [0.1, 0.15) is 0 Å². The van der Waals surface area contributed by atoms with E-state index >= 15 is 0 Å². The first-order valence-electron chi connectivity index (χ1n) is 9.12. The Balaban J connectivity index is 1.51. The van der Waals surface area contributed by atoms with Crippen molar-refractivity contribution in [3.05, 3.63) is 53.0 Å². The lowest BCUT2D eigenvalue weighted by atomic mass is 10.1. The second-order valence-electron chi connectivity index (χ2n) is 6.82. The number of carbonyl (C=O) groups excluding carboxylic acids is 3. The molecule has 3 aromatic rings. The van der Waals surface area contributed by atoms with Crippen LogP contribution in [-0.4, -0.2) is 36.4 Å². The first-order chi connectivity index (χ1) is 14.0. The smallest absolute Gasteiger partial charge is 0.339 e. The fraction of sp³-hybridized carbons (Fsp3) is 0.238. The molecule has 1 atom stereocenters. The Bertz CT molecular complexity index is 1120. The Hall–Kier alpha value is -3.26. The van der Waals surface area contributed by atoms with E-state index in [1.165, 1.54) is 7.11 Å². The van der Waals surface area contributed by atoms with Gasteiger partial charge in [-0.3, -0.25) is 9.59 Å². The first-order valence-corrected chi connectivity index (χ1v) is 9.93. The molecule has 2 amide bonds. The van der Waals surface area contributed by atoms with Gasteiger partial charge in [0, 0.05) is 18.7 Å². The molecule has 1 saturated heterocycles. The maximum absolute atomic E-state index is 12.8. The molecule has 7 nitrogen and oxygen atoms in total. The van der Waals surface area contributed by atoms with E-state index in [1.807, 2.05) is 25.1 Å². The SMILES string of the molecule is COC(=O)c1ccccc1NC(=O)C1CC(=O)N(c2ccc3sc(C)nc3c2)C1. The minimum absolute atomic E-state index is 0.111. The number of amides is 2. The molecule has 0 aliphatic carbocycles. The number of anilines is 2. The maximum atomic E-state index is 12.8. The Morgan fingerprint density at radius 2 is 2.03 bits per heavy atom. The van der Waals surface area contributed by atoms with Gasteiger partial charge in [-0.2, -0.15) is 0 Å². The molecule has 29 heavy (non-hydrogen) atoms. The normalized spacial score (nSPS) is 16.3. The van der Waals surface area contributed by atoms with Gasteiger partial charge in [0.2, 0.25) is 11.8 Å². The predicted octanol–water partition coefficient (Wildman–Crippen LogP) is 3.38. The van der Waals surface area contributed by atoms with Crippen LogP contribution in [0.25, 0.3) is 10.2 Å². The van der Waals surface area contributed by atoms with Crippen molar-refractivity contribution in [1.82, 2.24) is 4.98 Å². The second-order valence-corrected chi connectivity index (χ2v) is 8.05. The Labute approximate surface area is 171 Å². The summed E-state index contributed by atoms with van der Waals surface area (Å²) in [5.41, 5.74) is 2.22. The van der Waals surface area contributed by atoms with Crippen LogP contribution in [0.4, 0.5) is 11.4 Å². The number of para-hydroxylation sites is 1. The van der Waals surface area contributed by atoms with E-state index in [0.29, 0.717) is 5.69 Å². The average molecular weight is 409 g/mol. The molecule has 0 saturated carbocycles. The molecule has 1 unspecified atom stereocenters. The molecule has 0 radical (unpaired) electrons. The van der Waals surface area contributed by atoms with Gasteiger partial charge in [-0.05, 0) is 37.3 Å². The summed E-state index contributed by atoms with van der Waals surface area (Å²) in [6.07, 6.45) is 0.111. The van der Waals surface area contributed by atoms with Crippen LogP contribution in [0.3, 0.4) is 0 Å². The minimum atomic E-state index is -0.531. The number of hydrogen-bond acceptors (Lipinski definition) is 6. The van der Waals surface area contributed by atoms with Crippen LogP contribution in [0, 0.1) is 12.8 Å². The van der Waals surface area contributed by atoms with E-state index in [0.717, 1.165) is 20.9 Å². The molecule has 0 bridgehead atoms. The highest BCUT2D eigenvalue weighted by atomic mass is 32.1. The molecule has 148 valence electrons. The fourth-order valence-electron chi connectivity index (χ4n) is 3.45. The first kappa shape index (κ1) is 19.1. The molecule has 0 spiro atoms. The van der Waals surface area contributed by atoms with Crippen LogP contribution in [0.5, 0.6) is 0 Å². The maximum Gasteiger partial charge on any atom is 0.339 e. The minimum Gasteiger partial charge on any atom is -0.465 e. The number of thiazole rings is 1. The number of hydrogen-bond donors (Lipinski definition) is 1. The monoisotopic (exact) mass is 409 g/mol. The van der Waals surface area contributed by atoms with Gasteiger partial charge >= 0.3 is 5.97 Å². The van der Waals surface area contributed by atoms with Crippen LogP contribution in [0.2, 0.25) is 0 Å². The third kappa shape index (κ3) is 3.71. The molecule has 2 aromatic carbocycles. The molecule has 2 heterocycles. The zero-order valence-electron chi connectivity index (χ0n) is 16.0. The number of nitrogens with zero attached hydrogens (tertiary/aromatic N) is 2. The molecule has 1 fully saturated rings. The number of rotatable bonds is 4. The van der Waals surface area contributed by atoms with Crippen molar-refractivity contribution in [2.24, 2.45) is 5.92 Å². The number of benzene rings is 2. The van der Waals surface area contributed by atoms with Crippen molar-refractivity contribution < 1.29 is 19.1 Å². The van der Waals surface area contributed by atoms with Gasteiger partial charge in [-0.1, -0.05) is 12.1 Å². The summed E-state index contributed by atoms with van der Waals surface area (Å²) in [5, 5.41) is 3.73. The summed E-state index contributed by atoms with van der Waals surface area (Å²) in [7, 11) is 1.29. The number of methoxy groups -OCH3 is 1. The summed E-state index contributed by atoms with van der Waals surface area (Å²) < 4.78 is 5.82. The highest BCUT2D eigenvalue weighted by Gasteiger charge is 2.35. The lowest BCUT2D eigenvalue weighted by Gasteiger charge is -2.17. The lowest BCUT2D eigenvalue weighted by Crippen LogP contribution is -2.28. The van der Waals surface area contributed by atoms with E-state index in [2.05, 4.69) is 10.3 Å². The number of fused-ring (bicyclic) bond motifs is 1. The van der Waals surface area contributed by atoms with Crippen LogP contribution >= 0.6 is 11.3 Å². The Morgan fingerprint density at radius 1 is 1.24 bits per heavy atom. The Morgan fingerprint density at radius 3 is 2.83 bits per heavy atom. The number of aromatic nitrogens is 1. The van der Waals surface area contributed by atoms with Gasteiger partial charge in [0.15, 0.2) is 0 Å². The summed E-state index contributed by atoms with van der Waals surface area (Å²) in [6, 6.07) is 12.3. The molecule has 1 aliphatic rings. The summed E-state index contributed by atoms with van der Waals surface area (Å²) in [6.45, 7) is 2.22. The van der Waals surface area contributed by atoms with Crippen molar-refractivity contribution in [2.75, 3.05) is 23.9 Å². The van der Waals surface area contributed by atoms with Crippen LogP contribution in [-0.2, 0) is 14.3 Å². The average Bonchev–Trinajstić information content (AvgIpc) is 3.28. The number of esters is 1. The molecular weight excluding hydrogens is 390 g/mol. The van der Waals surface area contributed by atoms with Crippen molar-refractivity contribution in [3.8, 4) is 0 Å². The predicted molar refractivity (Wildman–Crippen MR) is 111 cm³/mol. The fourth-order valence-corrected chi connectivity index (χ4v) is 4.25. The molecular formula is C21H19N3O4S. The van der Waals surface area contributed by atoms with Gasteiger partial charge in [0.05, 0.1) is 39.5 Å². The number of ether oxygens (including phenoxy) is 1. The Kier molecular flexibility index (Phi) is 5.02. The van der Waals surface area contributed by atoms with E-state index < -0.39 is 11.9 Å². The van der Waals surface area contributed by atoms with Crippen LogP contribution < -0.4 is 10.2 Å². The van der Waals surface area contributed by atoms with Crippen molar-refractivity contribution in [3.63, 3.8) is 0 Å². The molecule has 1 N–H and O–H groups in total. The van der Waals surface area contributed by atoms with Gasteiger partial charge in [-0.25, -0.2) is 9.78 Å². The summed E-state index contributed by atoms with van der Waals surface area (Å²) in [5.74, 6) is -1.46. The van der Waals surface area contributed by atoms with E-state index in [9.17, 15) is 14.4 Å². The molecule has 8 heteroatoms. The number of nitrogens with one attached hydrogen (secondary N) is 1. The second kappa shape index (κ2) is 7.63. The third-order valence-electron chi connectivity index (χ3n) is 4.88. The van der Waals surface area contributed by atoms with Gasteiger partial charge in [0.25, 0.3) is 0 Å². The topological polar surface area (TPSA) is 88.6 Å². The van der Waals surface area contributed by atoms with Crippen molar-refractivity contribution in [1.29, 1.82) is 0 Å². The van der Waals surface area contributed by atoms with E-state index in [-0.39, 0.29) is 30.3 Å². The van der Waals surface area contributed by atoms with E-state index in [4.69, 9.17) is 4.74 Å². The van der Waals surface area contributed by atoms with Crippen LogP contribution in [0.1, 0.15) is 21.8 Å². The van der Waals surface area contributed by atoms with Crippen molar-refractivity contribution >= 4 is 50.7 Å². The largest absolute Gasteiger partial charge is 0.465 e. The quantitative estimate of drug-likeness (QED) is 0.668.